The lowest BCUT2D eigenvalue weighted by Crippen LogP contribution is -2.46. The van der Waals surface area contributed by atoms with Crippen LogP contribution in [0.2, 0.25) is 0 Å². The van der Waals surface area contributed by atoms with Crippen molar-refractivity contribution in [2.75, 3.05) is 13.1 Å². The Kier molecular flexibility index (Phi) is 5.59. The van der Waals surface area contributed by atoms with Crippen LogP contribution in [0.4, 0.5) is 4.39 Å². The highest BCUT2D eigenvalue weighted by atomic mass is 19.1. The fraction of sp³-hybridized carbons (Fsp3) is 0.458. The maximum atomic E-state index is 13.1. The van der Waals surface area contributed by atoms with Crippen LogP contribution >= 0.6 is 0 Å². The van der Waals surface area contributed by atoms with E-state index >= 15 is 0 Å². The fourth-order valence-corrected chi connectivity index (χ4v) is 4.48. The van der Waals surface area contributed by atoms with Gasteiger partial charge in [-0.15, -0.1) is 0 Å². The van der Waals surface area contributed by atoms with Gasteiger partial charge in [-0.3, -0.25) is 9.69 Å². The van der Waals surface area contributed by atoms with E-state index in [1.165, 1.54) is 12.1 Å². The Labute approximate surface area is 172 Å². The molecule has 2 atom stereocenters. The van der Waals surface area contributed by atoms with Gasteiger partial charge in [-0.1, -0.05) is 30.3 Å². The minimum atomic E-state index is -0.312. The molecule has 154 valence electrons. The minimum absolute atomic E-state index is 0.0256. The Morgan fingerprint density at radius 1 is 1.21 bits per heavy atom. The van der Waals surface area contributed by atoms with Crippen molar-refractivity contribution in [1.29, 1.82) is 0 Å². The zero-order chi connectivity index (χ0) is 20.4. The van der Waals surface area contributed by atoms with Crippen molar-refractivity contribution < 1.29 is 13.9 Å². The van der Waals surface area contributed by atoms with E-state index in [9.17, 15) is 9.18 Å². The maximum absolute atomic E-state index is 13.1. The Bertz CT molecular complexity index is 865. The van der Waals surface area contributed by atoms with E-state index < -0.39 is 0 Å². The molecule has 1 N–H and O–H groups in total. The molecular formula is C24H29FN2O2. The van der Waals surface area contributed by atoms with Crippen LogP contribution in [0.15, 0.2) is 48.5 Å². The van der Waals surface area contributed by atoms with Crippen LogP contribution in [0.25, 0.3) is 0 Å². The number of carbonyl (C=O) groups excluding carboxylic acids is 1. The van der Waals surface area contributed by atoms with Gasteiger partial charge >= 0.3 is 0 Å². The summed E-state index contributed by atoms with van der Waals surface area (Å²) in [6, 6.07) is 14.6. The molecule has 2 aromatic rings. The fourth-order valence-electron chi connectivity index (χ4n) is 4.48. The number of hydrogen-bond acceptors (Lipinski definition) is 3. The third-order valence-corrected chi connectivity index (χ3v) is 5.89. The summed E-state index contributed by atoms with van der Waals surface area (Å²) in [4.78, 5) is 15.4. The number of hydrogen-bond donors (Lipinski definition) is 1. The summed E-state index contributed by atoms with van der Waals surface area (Å²) in [5, 5.41) is 3.30. The molecule has 5 heteroatoms. The molecule has 4 rings (SSSR count). The van der Waals surface area contributed by atoms with E-state index in [4.69, 9.17) is 4.74 Å². The molecule has 0 unspecified atom stereocenters. The molecule has 1 saturated heterocycles. The predicted octanol–water partition coefficient (Wildman–Crippen LogP) is 4.46. The first kappa shape index (κ1) is 19.9. The average molecular weight is 397 g/mol. The molecule has 0 aromatic heterocycles. The zero-order valence-corrected chi connectivity index (χ0v) is 17.2. The highest BCUT2D eigenvalue weighted by molar-refractivity contribution is 5.79. The summed E-state index contributed by atoms with van der Waals surface area (Å²) in [6.45, 7) is 6.57. The molecule has 2 aliphatic heterocycles. The molecule has 0 radical (unpaired) electrons. The van der Waals surface area contributed by atoms with Gasteiger partial charge in [0.2, 0.25) is 5.91 Å². The van der Waals surface area contributed by atoms with E-state index in [1.807, 2.05) is 36.4 Å². The Morgan fingerprint density at radius 2 is 1.97 bits per heavy atom. The second kappa shape index (κ2) is 8.15. The number of halogens is 1. The number of para-hydroxylation sites is 1. The van der Waals surface area contributed by atoms with Gasteiger partial charge in [0, 0.05) is 25.1 Å². The molecule has 29 heavy (non-hydrogen) atoms. The van der Waals surface area contributed by atoms with Gasteiger partial charge in [-0.25, -0.2) is 4.39 Å². The minimum Gasteiger partial charge on any atom is -0.487 e. The molecule has 1 amide bonds. The molecule has 2 aliphatic rings. The first-order valence-corrected chi connectivity index (χ1v) is 10.4. The standard InChI is InChI=1S/C24H29FN2O2/c1-24(2)14-21(20-7-3-4-8-22(20)29-24)26-23(28)18-6-5-13-27(16-18)15-17-9-11-19(25)12-10-17/h3-4,7-12,18,21H,5-6,13-16H2,1-2H3,(H,26,28)/t18-,21-/m0/s1. The van der Waals surface area contributed by atoms with Gasteiger partial charge in [0.1, 0.15) is 17.2 Å². The summed E-state index contributed by atoms with van der Waals surface area (Å²) < 4.78 is 19.2. The van der Waals surface area contributed by atoms with E-state index in [0.29, 0.717) is 0 Å². The Hall–Kier alpha value is -2.40. The molecule has 0 saturated carbocycles. The SMILES string of the molecule is CC1(C)C[C@H](NC(=O)[C@H]2CCCN(Cc3ccc(F)cc3)C2)c2ccccc2O1. The highest BCUT2D eigenvalue weighted by Crippen LogP contribution is 2.39. The quantitative estimate of drug-likeness (QED) is 0.830. The van der Waals surface area contributed by atoms with Crippen molar-refractivity contribution in [1.82, 2.24) is 10.2 Å². The third-order valence-electron chi connectivity index (χ3n) is 5.89. The lowest BCUT2D eigenvalue weighted by Gasteiger charge is -2.39. The predicted molar refractivity (Wildman–Crippen MR) is 111 cm³/mol. The number of likely N-dealkylation sites (tertiary alicyclic amines) is 1. The van der Waals surface area contributed by atoms with Gasteiger partial charge in [-0.2, -0.15) is 0 Å². The summed E-state index contributed by atoms with van der Waals surface area (Å²) in [6.07, 6.45) is 2.65. The molecule has 2 aromatic carbocycles. The first-order chi connectivity index (χ1) is 13.9. The van der Waals surface area contributed by atoms with Crippen molar-refractivity contribution in [3.63, 3.8) is 0 Å². The Balaban J connectivity index is 1.41. The van der Waals surface area contributed by atoms with Crippen LogP contribution in [0.3, 0.4) is 0 Å². The average Bonchev–Trinajstić information content (AvgIpc) is 2.69. The van der Waals surface area contributed by atoms with Gasteiger partial charge in [0.25, 0.3) is 0 Å². The van der Waals surface area contributed by atoms with Gasteiger partial charge in [-0.05, 0) is 57.0 Å². The number of ether oxygens (including phenoxy) is 1. The number of rotatable bonds is 4. The van der Waals surface area contributed by atoms with E-state index in [1.54, 1.807) is 0 Å². The summed E-state index contributed by atoms with van der Waals surface area (Å²) in [5.74, 6) is 0.730. The van der Waals surface area contributed by atoms with Crippen LogP contribution in [0.1, 0.15) is 50.3 Å². The number of piperidine rings is 1. The lowest BCUT2D eigenvalue weighted by atomic mass is 9.88. The van der Waals surface area contributed by atoms with E-state index in [-0.39, 0.29) is 29.3 Å². The van der Waals surface area contributed by atoms with Gasteiger partial charge in [0.05, 0.1) is 12.0 Å². The van der Waals surface area contributed by atoms with Crippen molar-refractivity contribution in [3.8, 4) is 5.75 Å². The van der Waals surface area contributed by atoms with Crippen LogP contribution < -0.4 is 10.1 Å². The smallest absolute Gasteiger partial charge is 0.224 e. The summed E-state index contributed by atoms with van der Waals surface area (Å²) in [5.41, 5.74) is 1.82. The normalized spacial score (nSPS) is 23.7. The molecular weight excluding hydrogens is 367 g/mol. The first-order valence-electron chi connectivity index (χ1n) is 10.4. The Morgan fingerprint density at radius 3 is 2.76 bits per heavy atom. The number of carbonyl (C=O) groups is 1. The van der Waals surface area contributed by atoms with Crippen molar-refractivity contribution >= 4 is 5.91 Å². The van der Waals surface area contributed by atoms with Gasteiger partial charge in [0.15, 0.2) is 0 Å². The van der Waals surface area contributed by atoms with Crippen molar-refractivity contribution in [3.05, 3.63) is 65.5 Å². The van der Waals surface area contributed by atoms with E-state index in [0.717, 1.165) is 55.8 Å². The topological polar surface area (TPSA) is 41.6 Å². The molecule has 0 spiro atoms. The number of amides is 1. The second-order valence-electron chi connectivity index (χ2n) is 8.87. The molecule has 0 bridgehead atoms. The van der Waals surface area contributed by atoms with Gasteiger partial charge < -0.3 is 10.1 Å². The summed E-state index contributed by atoms with van der Waals surface area (Å²) in [7, 11) is 0. The van der Waals surface area contributed by atoms with Crippen LogP contribution in [0.5, 0.6) is 5.75 Å². The molecule has 0 aliphatic carbocycles. The van der Waals surface area contributed by atoms with Crippen LogP contribution in [-0.4, -0.2) is 29.5 Å². The third kappa shape index (κ3) is 4.78. The maximum Gasteiger partial charge on any atom is 0.224 e. The number of benzene rings is 2. The van der Waals surface area contributed by atoms with Crippen LogP contribution in [-0.2, 0) is 11.3 Å². The van der Waals surface area contributed by atoms with Crippen molar-refractivity contribution in [2.24, 2.45) is 5.92 Å². The van der Waals surface area contributed by atoms with E-state index in [2.05, 4.69) is 24.1 Å². The second-order valence-corrected chi connectivity index (χ2v) is 8.87. The lowest BCUT2D eigenvalue weighted by molar-refractivity contribution is -0.128. The number of fused-ring (bicyclic) bond motifs is 1. The monoisotopic (exact) mass is 396 g/mol. The largest absolute Gasteiger partial charge is 0.487 e. The summed E-state index contributed by atoms with van der Waals surface area (Å²) >= 11 is 0. The molecule has 4 nitrogen and oxygen atoms in total. The highest BCUT2D eigenvalue weighted by Gasteiger charge is 2.36. The molecule has 1 fully saturated rings. The number of nitrogens with one attached hydrogen (secondary N) is 1. The molecule has 2 heterocycles. The number of nitrogens with zero attached hydrogens (tertiary/aromatic N) is 1. The zero-order valence-electron chi connectivity index (χ0n) is 17.2. The van der Waals surface area contributed by atoms with Crippen molar-refractivity contribution in [2.45, 2.75) is 51.3 Å². The van der Waals surface area contributed by atoms with Crippen LogP contribution in [0, 0.1) is 11.7 Å².